The Bertz CT molecular complexity index is 688. The van der Waals surface area contributed by atoms with E-state index in [-0.39, 0.29) is 55.8 Å². The molecule has 0 aromatic carbocycles. The zero-order valence-corrected chi connectivity index (χ0v) is 23.0. The number of aliphatic hydroxyl groups is 2. The van der Waals surface area contributed by atoms with Crippen molar-refractivity contribution in [2.45, 2.75) is 154 Å². The molecule has 2 aliphatic rings. The highest BCUT2D eigenvalue weighted by Crippen LogP contribution is 2.28. The molecule has 37 heavy (non-hydrogen) atoms. The molecule has 4 unspecified atom stereocenters. The number of ether oxygens (including phenoxy) is 5. The number of esters is 1. The summed E-state index contributed by atoms with van der Waals surface area (Å²) in [5, 5.41) is 29.1. The Balaban J connectivity index is 1.61. The summed E-state index contributed by atoms with van der Waals surface area (Å²) in [6.45, 7) is 9.51. The molecule has 10 nitrogen and oxygen atoms in total. The van der Waals surface area contributed by atoms with Crippen molar-refractivity contribution in [3.8, 4) is 0 Å². The van der Waals surface area contributed by atoms with Gasteiger partial charge < -0.3 is 39.0 Å². The van der Waals surface area contributed by atoms with E-state index in [2.05, 4.69) is 0 Å². The van der Waals surface area contributed by atoms with Crippen LogP contribution in [0.15, 0.2) is 0 Å². The highest BCUT2D eigenvalue weighted by molar-refractivity contribution is 5.69. The van der Waals surface area contributed by atoms with E-state index in [1.165, 1.54) is 0 Å². The molecule has 216 valence electrons. The Morgan fingerprint density at radius 1 is 0.811 bits per heavy atom. The lowest BCUT2D eigenvalue weighted by atomic mass is 9.96. The first-order valence-electron chi connectivity index (χ1n) is 13.9. The number of hydrogen-bond acceptors (Lipinski definition) is 9. The van der Waals surface area contributed by atoms with Gasteiger partial charge in [-0.05, 0) is 59.8 Å². The van der Waals surface area contributed by atoms with Crippen LogP contribution >= 0.6 is 0 Å². The molecule has 2 rings (SSSR count). The van der Waals surface area contributed by atoms with E-state index in [0.29, 0.717) is 32.1 Å². The van der Waals surface area contributed by atoms with E-state index in [1.807, 2.05) is 27.7 Å². The van der Waals surface area contributed by atoms with Crippen LogP contribution in [0.4, 0.5) is 0 Å². The number of unbranched alkanes of at least 4 members (excludes halogenated alkanes) is 2. The number of carbonyl (C=O) groups excluding carboxylic acids is 1. The van der Waals surface area contributed by atoms with Gasteiger partial charge in [0.25, 0.3) is 0 Å². The summed E-state index contributed by atoms with van der Waals surface area (Å²) < 4.78 is 29.0. The van der Waals surface area contributed by atoms with Gasteiger partial charge in [0.1, 0.15) is 12.2 Å². The molecule has 3 N–H and O–H groups in total. The molecule has 2 aliphatic heterocycles. The van der Waals surface area contributed by atoms with Gasteiger partial charge in [0.05, 0.1) is 30.5 Å². The Kier molecular flexibility index (Phi) is 13.8. The van der Waals surface area contributed by atoms with Gasteiger partial charge in [-0.15, -0.1) is 0 Å². The lowest BCUT2D eigenvalue weighted by molar-refractivity contribution is -0.276. The summed E-state index contributed by atoms with van der Waals surface area (Å²) in [6.07, 6.45) is 1.60. The maximum atomic E-state index is 12.4. The number of aliphatic carboxylic acids is 1. The number of carboxylic acids is 1. The van der Waals surface area contributed by atoms with Crippen molar-refractivity contribution in [1.82, 2.24) is 0 Å². The summed E-state index contributed by atoms with van der Waals surface area (Å²) in [4.78, 5) is 23.0. The maximum Gasteiger partial charge on any atom is 0.306 e. The fourth-order valence-corrected chi connectivity index (χ4v) is 4.71. The van der Waals surface area contributed by atoms with Crippen molar-refractivity contribution in [2.24, 2.45) is 5.92 Å². The van der Waals surface area contributed by atoms with Gasteiger partial charge in [-0.3, -0.25) is 9.59 Å². The van der Waals surface area contributed by atoms with Crippen LogP contribution in [-0.4, -0.2) is 82.6 Å². The third kappa shape index (κ3) is 11.5. The van der Waals surface area contributed by atoms with Crippen molar-refractivity contribution < 1.29 is 48.6 Å². The summed E-state index contributed by atoms with van der Waals surface area (Å²) in [5.74, 6) is -1.01. The summed E-state index contributed by atoms with van der Waals surface area (Å²) in [7, 11) is 0. The maximum absolute atomic E-state index is 12.4. The molecular formula is C27H48O10. The molecule has 0 aromatic heterocycles. The van der Waals surface area contributed by atoms with Gasteiger partial charge in [-0.25, -0.2) is 0 Å². The topological polar surface area (TPSA) is 141 Å². The van der Waals surface area contributed by atoms with Crippen LogP contribution in [0.1, 0.15) is 98.8 Å². The monoisotopic (exact) mass is 532 g/mol. The first-order chi connectivity index (χ1) is 17.5. The Labute approximate surface area is 220 Å². The average Bonchev–Trinajstić information content (AvgIpc) is 2.81. The van der Waals surface area contributed by atoms with Crippen molar-refractivity contribution in [1.29, 1.82) is 0 Å². The van der Waals surface area contributed by atoms with Crippen molar-refractivity contribution in [3.05, 3.63) is 0 Å². The first-order valence-corrected chi connectivity index (χ1v) is 13.9. The average molecular weight is 533 g/mol. The molecule has 10 heteroatoms. The minimum atomic E-state index is -0.915. The fourth-order valence-electron chi connectivity index (χ4n) is 4.71. The second kappa shape index (κ2) is 16.0. The van der Waals surface area contributed by atoms with Crippen molar-refractivity contribution in [2.75, 3.05) is 0 Å². The van der Waals surface area contributed by atoms with Crippen LogP contribution in [0.5, 0.6) is 0 Å². The van der Waals surface area contributed by atoms with Crippen LogP contribution < -0.4 is 0 Å². The predicted octanol–water partition coefficient (Wildman–Crippen LogP) is 3.54. The number of carboxylic acid groups (broad SMARTS) is 1. The summed E-state index contributed by atoms with van der Waals surface area (Å²) in [5.41, 5.74) is 0. The minimum Gasteiger partial charge on any atom is -0.481 e. The van der Waals surface area contributed by atoms with E-state index in [1.54, 1.807) is 6.92 Å². The predicted molar refractivity (Wildman–Crippen MR) is 135 cm³/mol. The largest absolute Gasteiger partial charge is 0.481 e. The molecule has 2 saturated heterocycles. The molecule has 0 bridgehead atoms. The zero-order chi connectivity index (χ0) is 27.5. The highest BCUT2D eigenvalue weighted by atomic mass is 16.7. The van der Waals surface area contributed by atoms with Gasteiger partial charge in [0.2, 0.25) is 0 Å². The normalized spacial score (nSPS) is 34.0. The second-order valence-electron chi connectivity index (χ2n) is 10.8. The van der Waals surface area contributed by atoms with E-state index < -0.39 is 36.7 Å². The smallest absolute Gasteiger partial charge is 0.306 e. The molecule has 0 spiro atoms. The molecular weight excluding hydrogens is 484 g/mol. The van der Waals surface area contributed by atoms with Gasteiger partial charge >= 0.3 is 11.9 Å². The minimum absolute atomic E-state index is 0.0238. The van der Waals surface area contributed by atoms with E-state index in [0.717, 1.165) is 12.8 Å². The Morgan fingerprint density at radius 2 is 1.38 bits per heavy atom. The number of aliphatic hydroxyl groups excluding tert-OH is 2. The van der Waals surface area contributed by atoms with Crippen LogP contribution in [0, 0.1) is 5.92 Å². The van der Waals surface area contributed by atoms with Gasteiger partial charge in [0.15, 0.2) is 12.6 Å². The molecule has 2 fully saturated rings. The SMILES string of the molecule is CC1C[C@@H](O)C(C)O[C@H]1O[C@H](C)CCCCC(=O)O[C@@H]1CC(O)[C@H](O[C@H](C)CCCCC(=O)O)OC1C. The standard InChI is InChI=1S/C27H48O10/c1-16-14-21(28)19(4)35-26(16)33-17(2)11-7-9-13-25(32)37-23-15-22(29)27(36-20(23)5)34-18(3)10-6-8-12-24(30)31/h16-23,26-29H,6-15H2,1-5H3,(H,30,31)/t16?,17-,18-,19?,20?,21-,22?,23-,26-,27-/m1/s1. The molecule has 0 saturated carbocycles. The fraction of sp³-hybridized carbons (Fsp3) is 0.926. The highest BCUT2D eigenvalue weighted by Gasteiger charge is 2.38. The summed E-state index contributed by atoms with van der Waals surface area (Å²) in [6, 6.07) is 0. The molecule has 10 atom stereocenters. The third-order valence-electron chi connectivity index (χ3n) is 7.14. The quantitative estimate of drug-likeness (QED) is 0.212. The molecule has 0 aliphatic carbocycles. The van der Waals surface area contributed by atoms with Crippen molar-refractivity contribution >= 4 is 11.9 Å². The molecule has 2 heterocycles. The van der Waals surface area contributed by atoms with Gasteiger partial charge in [0, 0.05) is 25.2 Å². The van der Waals surface area contributed by atoms with E-state index in [4.69, 9.17) is 28.8 Å². The zero-order valence-electron chi connectivity index (χ0n) is 23.0. The number of carbonyl (C=O) groups is 2. The van der Waals surface area contributed by atoms with Gasteiger partial charge in [-0.2, -0.15) is 0 Å². The van der Waals surface area contributed by atoms with Gasteiger partial charge in [-0.1, -0.05) is 19.8 Å². The molecule has 0 radical (unpaired) electrons. The van der Waals surface area contributed by atoms with Crippen molar-refractivity contribution in [3.63, 3.8) is 0 Å². The number of hydrogen-bond donors (Lipinski definition) is 3. The van der Waals surface area contributed by atoms with Crippen LogP contribution in [0.25, 0.3) is 0 Å². The van der Waals surface area contributed by atoms with E-state index in [9.17, 15) is 19.8 Å². The van der Waals surface area contributed by atoms with Crippen LogP contribution in [0.3, 0.4) is 0 Å². The first kappa shape index (κ1) is 31.9. The molecule has 0 amide bonds. The van der Waals surface area contributed by atoms with Crippen LogP contribution in [-0.2, 0) is 33.3 Å². The second-order valence-corrected chi connectivity index (χ2v) is 10.8. The Hall–Kier alpha value is -1.30. The van der Waals surface area contributed by atoms with E-state index >= 15 is 0 Å². The Morgan fingerprint density at radius 3 is 2.00 bits per heavy atom. The lowest BCUT2D eigenvalue weighted by Crippen LogP contribution is -2.49. The summed E-state index contributed by atoms with van der Waals surface area (Å²) >= 11 is 0. The lowest BCUT2D eigenvalue weighted by Gasteiger charge is -2.38. The number of rotatable bonds is 15. The van der Waals surface area contributed by atoms with Crippen LogP contribution in [0.2, 0.25) is 0 Å². The molecule has 0 aromatic rings. The third-order valence-corrected chi connectivity index (χ3v) is 7.14.